The van der Waals surface area contributed by atoms with E-state index < -0.39 is 30.9 Å². The minimum absolute atomic E-state index is 0.270. The number of hydrogen-bond donors (Lipinski definition) is 0. The van der Waals surface area contributed by atoms with E-state index in [2.05, 4.69) is 9.05 Å². The zero-order valence-electron chi connectivity index (χ0n) is 11.9. The molecule has 6 nitrogen and oxygen atoms in total. The van der Waals surface area contributed by atoms with Crippen LogP contribution in [0.1, 0.15) is 27.7 Å². The van der Waals surface area contributed by atoms with Crippen LogP contribution in [-0.2, 0) is 27.9 Å². The van der Waals surface area contributed by atoms with E-state index in [4.69, 9.17) is 9.47 Å². The monoisotopic (exact) mass is 316 g/mol. The molecule has 0 amide bonds. The maximum Gasteiger partial charge on any atom is 0.407 e. The molecule has 1 unspecified atom stereocenters. The van der Waals surface area contributed by atoms with E-state index in [-0.39, 0.29) is 19.8 Å². The van der Waals surface area contributed by atoms with Crippen molar-refractivity contribution in [2.24, 2.45) is 0 Å². The summed E-state index contributed by atoms with van der Waals surface area (Å²) in [4.78, 5) is 11.9. The Kier molecular flexibility index (Phi) is 5.43. The fraction of sp³-hybridized carbons (Fsp3) is 0.909. The van der Waals surface area contributed by atoms with Crippen molar-refractivity contribution in [2.45, 2.75) is 45.2 Å². The quantitative estimate of drug-likeness (QED) is 0.672. The molecule has 1 atom stereocenters. The van der Waals surface area contributed by atoms with Gasteiger partial charge in [-0.05, 0) is 27.7 Å². The first-order valence-electron chi connectivity index (χ1n) is 6.22. The van der Waals surface area contributed by atoms with Gasteiger partial charge in [0.25, 0.3) is 0 Å². The lowest BCUT2D eigenvalue weighted by Gasteiger charge is -2.26. The van der Waals surface area contributed by atoms with Gasteiger partial charge in [-0.25, -0.2) is 0 Å². The fourth-order valence-electron chi connectivity index (χ4n) is 1.68. The molecule has 1 fully saturated rings. The van der Waals surface area contributed by atoms with E-state index in [1.807, 2.05) is 0 Å². The molecule has 0 bridgehead atoms. The van der Waals surface area contributed by atoms with Crippen LogP contribution >= 0.6 is 7.60 Å². The van der Waals surface area contributed by atoms with Crippen LogP contribution in [0.3, 0.4) is 0 Å². The highest BCUT2D eigenvalue weighted by molar-refractivity contribution is 7.56. The summed E-state index contributed by atoms with van der Waals surface area (Å²) in [6, 6.07) is 0. The Balaban J connectivity index is 2.96. The van der Waals surface area contributed by atoms with Crippen LogP contribution in [0.2, 0.25) is 0 Å². The van der Waals surface area contributed by atoms with Gasteiger partial charge in [0.2, 0.25) is 5.78 Å². The zero-order valence-corrected chi connectivity index (χ0v) is 12.7. The normalized spacial score (nSPS) is 23.0. The third-order valence-electron chi connectivity index (χ3n) is 2.54. The van der Waals surface area contributed by atoms with E-state index in [9.17, 15) is 18.1 Å². The molecule has 1 heterocycles. The first-order valence-corrected chi connectivity index (χ1v) is 7.77. The van der Waals surface area contributed by atoms with Gasteiger partial charge in [-0.15, -0.1) is 0 Å². The number of hydrogen-bond acceptors (Lipinski definition) is 6. The summed E-state index contributed by atoms with van der Waals surface area (Å²) in [5.74, 6) is -2.80. The fourth-order valence-corrected chi connectivity index (χ4v) is 3.18. The number of ketones is 1. The Hall–Kier alpha value is -0.400. The Labute approximate surface area is 116 Å². The molecule has 118 valence electrons. The van der Waals surface area contributed by atoms with Gasteiger partial charge in [-0.2, -0.15) is 8.78 Å². The van der Waals surface area contributed by atoms with Crippen LogP contribution in [0.4, 0.5) is 8.78 Å². The summed E-state index contributed by atoms with van der Waals surface area (Å²) in [6.45, 7) is 4.86. The smallest absolute Gasteiger partial charge is 0.347 e. The Morgan fingerprint density at radius 3 is 2.20 bits per heavy atom. The van der Waals surface area contributed by atoms with E-state index >= 15 is 0 Å². The molecule has 1 aliphatic rings. The lowest BCUT2D eigenvalue weighted by Crippen LogP contribution is -2.41. The number of ether oxygens (including phenoxy) is 2. The summed E-state index contributed by atoms with van der Waals surface area (Å²) >= 11 is 0. The predicted molar refractivity (Wildman–Crippen MR) is 65.7 cm³/mol. The largest absolute Gasteiger partial charge is 0.407 e. The molecule has 9 heteroatoms. The second-order valence-electron chi connectivity index (χ2n) is 4.56. The van der Waals surface area contributed by atoms with Gasteiger partial charge >= 0.3 is 13.3 Å². The van der Waals surface area contributed by atoms with Gasteiger partial charge in [-0.1, -0.05) is 0 Å². The number of rotatable bonds is 7. The highest BCUT2D eigenvalue weighted by Gasteiger charge is 2.62. The Morgan fingerprint density at radius 2 is 1.85 bits per heavy atom. The second-order valence-corrected chi connectivity index (χ2v) is 6.63. The summed E-state index contributed by atoms with van der Waals surface area (Å²) in [6.07, 6.45) is -1.51. The molecule has 20 heavy (non-hydrogen) atoms. The molecule has 0 aromatic heterocycles. The van der Waals surface area contributed by atoms with Gasteiger partial charge in [0, 0.05) is 0 Å². The number of Topliss-reactive ketones (excluding diaryl/α,β-unsaturated/α-hetero) is 1. The van der Waals surface area contributed by atoms with Crippen molar-refractivity contribution in [3.8, 4) is 0 Å². The van der Waals surface area contributed by atoms with Crippen molar-refractivity contribution < 1.29 is 36.7 Å². The zero-order chi connectivity index (χ0) is 15.6. The molecule has 0 aliphatic carbocycles. The topological polar surface area (TPSA) is 71.1 Å². The standard InChI is InChI=1S/C11H19F2O6P/c1-5-17-20(15,18-6-2)11(12,13)9(14)8-7-16-10(3,4)19-8/h8H,5-7H2,1-4H3. The van der Waals surface area contributed by atoms with Crippen molar-refractivity contribution in [3.05, 3.63) is 0 Å². The summed E-state index contributed by atoms with van der Waals surface area (Å²) in [7, 11) is -4.89. The molecule has 0 N–H and O–H groups in total. The number of alkyl halides is 2. The van der Waals surface area contributed by atoms with Crippen molar-refractivity contribution in [1.29, 1.82) is 0 Å². The third-order valence-corrected chi connectivity index (χ3v) is 4.64. The maximum atomic E-state index is 14.1. The molecule has 1 rings (SSSR count). The van der Waals surface area contributed by atoms with Gasteiger partial charge in [0.05, 0.1) is 19.8 Å². The van der Waals surface area contributed by atoms with Crippen LogP contribution in [0.15, 0.2) is 0 Å². The minimum Gasteiger partial charge on any atom is -0.347 e. The summed E-state index contributed by atoms with van der Waals surface area (Å²) < 4.78 is 59.6. The van der Waals surface area contributed by atoms with Gasteiger partial charge in [0.1, 0.15) is 6.10 Å². The molecule has 0 saturated carbocycles. The molecular weight excluding hydrogens is 297 g/mol. The molecule has 1 aliphatic heterocycles. The van der Waals surface area contributed by atoms with Crippen molar-refractivity contribution in [3.63, 3.8) is 0 Å². The highest BCUT2D eigenvalue weighted by atomic mass is 31.2. The van der Waals surface area contributed by atoms with Gasteiger partial charge in [0.15, 0.2) is 5.79 Å². The average Bonchev–Trinajstić information content (AvgIpc) is 2.69. The Bertz CT molecular complexity index is 402. The van der Waals surface area contributed by atoms with Crippen LogP contribution in [0.5, 0.6) is 0 Å². The molecule has 0 spiro atoms. The SMILES string of the molecule is CCOP(=O)(OCC)C(F)(F)C(=O)C1COC(C)(C)O1. The molecule has 1 saturated heterocycles. The van der Waals surface area contributed by atoms with Crippen molar-refractivity contribution in [1.82, 2.24) is 0 Å². The lowest BCUT2D eigenvalue weighted by atomic mass is 10.2. The van der Waals surface area contributed by atoms with Crippen LogP contribution in [0.25, 0.3) is 0 Å². The van der Waals surface area contributed by atoms with Gasteiger partial charge < -0.3 is 18.5 Å². The summed E-state index contributed by atoms with van der Waals surface area (Å²) in [5.41, 5.74) is -4.28. The average molecular weight is 316 g/mol. The van der Waals surface area contributed by atoms with E-state index in [0.29, 0.717) is 0 Å². The number of carbonyl (C=O) groups is 1. The number of halogens is 2. The third kappa shape index (κ3) is 3.43. The lowest BCUT2D eigenvalue weighted by molar-refractivity contribution is -0.162. The van der Waals surface area contributed by atoms with Crippen molar-refractivity contribution in [2.75, 3.05) is 19.8 Å². The van der Waals surface area contributed by atoms with Gasteiger partial charge in [-0.3, -0.25) is 9.36 Å². The van der Waals surface area contributed by atoms with Crippen molar-refractivity contribution >= 4 is 13.4 Å². The second kappa shape index (κ2) is 6.15. The minimum atomic E-state index is -4.89. The van der Waals surface area contributed by atoms with E-state index in [1.54, 1.807) is 0 Å². The number of carbonyl (C=O) groups excluding carboxylic acids is 1. The first-order chi connectivity index (χ1) is 9.09. The summed E-state index contributed by atoms with van der Waals surface area (Å²) in [5, 5.41) is 0. The molecule has 0 aromatic rings. The first kappa shape index (κ1) is 17.7. The molecular formula is C11H19F2O6P. The molecule has 0 radical (unpaired) electrons. The van der Waals surface area contributed by atoms with E-state index in [1.165, 1.54) is 27.7 Å². The maximum absolute atomic E-state index is 14.1. The van der Waals surface area contributed by atoms with E-state index in [0.717, 1.165) is 0 Å². The highest BCUT2D eigenvalue weighted by Crippen LogP contribution is 2.62. The molecule has 0 aromatic carbocycles. The Morgan fingerprint density at radius 1 is 1.35 bits per heavy atom. The van der Waals surface area contributed by atoms with Crippen LogP contribution < -0.4 is 0 Å². The van der Waals surface area contributed by atoms with Crippen LogP contribution in [-0.4, -0.2) is 43.2 Å². The predicted octanol–water partition coefficient (Wildman–Crippen LogP) is 2.57. The van der Waals surface area contributed by atoms with Crippen LogP contribution in [0, 0.1) is 0 Å².